The van der Waals surface area contributed by atoms with Gasteiger partial charge in [-0.3, -0.25) is 0 Å². The highest BCUT2D eigenvalue weighted by atomic mass is 32.2. The Hall–Kier alpha value is -0.800. The van der Waals surface area contributed by atoms with Crippen molar-refractivity contribution in [3.8, 4) is 0 Å². The minimum atomic E-state index is -7.05. The fraction of sp³-hybridized carbons (Fsp3) is 1.00. The Kier molecular flexibility index (Phi) is 7.33. The maximum Gasteiger partial charge on any atom is 0.462 e. The fourth-order valence-electron chi connectivity index (χ4n) is 0.710. The Labute approximate surface area is 142 Å². The predicted octanol–water partition coefficient (Wildman–Crippen LogP) is 3.35. The van der Waals surface area contributed by atoms with E-state index in [-0.39, 0.29) is 4.89 Å². The maximum absolute atomic E-state index is 12.7. The van der Waals surface area contributed by atoms with Crippen LogP contribution in [0, 0.1) is 0 Å². The zero-order valence-corrected chi connectivity index (χ0v) is 12.9. The Balaban J connectivity index is 5.15. The van der Waals surface area contributed by atoms with E-state index >= 15 is 0 Å². The molecule has 0 spiro atoms. The SMILES string of the molecule is O=S(NOS(=O)C(F)(F)C(F)(F)C(F)(F)F)OC(F)(F)C(F)(F)C(F)(F)F. The van der Waals surface area contributed by atoms with Crippen molar-refractivity contribution < 1.29 is 78.4 Å². The van der Waals surface area contributed by atoms with Crippen LogP contribution in [0.5, 0.6) is 0 Å². The first kappa shape index (κ1) is 26.2. The molecule has 0 bridgehead atoms. The number of hydrogen-bond acceptors (Lipinski definition) is 4. The van der Waals surface area contributed by atoms with Crippen LogP contribution in [0.2, 0.25) is 0 Å². The molecule has 0 heterocycles. The summed E-state index contributed by atoms with van der Waals surface area (Å²) in [6, 6.07) is 0. The number of alkyl halides is 14. The lowest BCUT2D eigenvalue weighted by molar-refractivity contribution is -0.401. The predicted molar refractivity (Wildman–Crippen MR) is 53.5 cm³/mol. The molecule has 2 unspecified atom stereocenters. The molecule has 0 aromatic rings. The van der Waals surface area contributed by atoms with E-state index in [0.29, 0.717) is 0 Å². The van der Waals surface area contributed by atoms with Crippen molar-refractivity contribution in [2.45, 2.75) is 35.6 Å². The molecule has 164 valence electrons. The molecule has 5 nitrogen and oxygen atoms in total. The highest BCUT2D eigenvalue weighted by Crippen LogP contribution is 2.49. The smallest absolute Gasteiger partial charge is 0.221 e. The van der Waals surface area contributed by atoms with Gasteiger partial charge in [-0.1, -0.05) is 4.89 Å². The van der Waals surface area contributed by atoms with Gasteiger partial charge in [0.2, 0.25) is 0 Å². The monoisotopic (exact) mass is 481 g/mol. The van der Waals surface area contributed by atoms with Crippen LogP contribution < -0.4 is 4.89 Å². The molecule has 0 saturated heterocycles. The number of nitrogens with one attached hydrogen (secondary N) is 1. The molecule has 0 rings (SSSR count). The molecule has 0 fully saturated rings. The zero-order chi connectivity index (χ0) is 22.3. The Morgan fingerprint density at radius 2 is 1.00 bits per heavy atom. The average molecular weight is 481 g/mol. The van der Waals surface area contributed by atoms with E-state index in [1.54, 1.807) is 0 Å². The second-order valence-electron chi connectivity index (χ2n) is 3.90. The van der Waals surface area contributed by atoms with Gasteiger partial charge in [0.25, 0.3) is 22.3 Å². The molecule has 0 aromatic heterocycles. The Morgan fingerprint density at radius 1 is 0.630 bits per heavy atom. The fourth-order valence-corrected chi connectivity index (χ4v) is 1.94. The summed E-state index contributed by atoms with van der Waals surface area (Å²) in [6.07, 6.45) is -20.7. The van der Waals surface area contributed by atoms with Crippen molar-refractivity contribution in [1.29, 1.82) is 0 Å². The van der Waals surface area contributed by atoms with E-state index in [1.807, 2.05) is 0 Å². The first-order valence-electron chi connectivity index (χ1n) is 5.13. The van der Waals surface area contributed by atoms with Gasteiger partial charge in [0.05, 0.1) is 0 Å². The van der Waals surface area contributed by atoms with Crippen LogP contribution in [0.4, 0.5) is 61.5 Å². The minimum Gasteiger partial charge on any atom is -0.221 e. The van der Waals surface area contributed by atoms with Crippen molar-refractivity contribution in [3.05, 3.63) is 0 Å². The lowest BCUT2D eigenvalue weighted by atomic mass is 10.3. The van der Waals surface area contributed by atoms with Gasteiger partial charge in [0.15, 0.2) is 0 Å². The van der Waals surface area contributed by atoms with Gasteiger partial charge >= 0.3 is 35.6 Å². The van der Waals surface area contributed by atoms with Crippen molar-refractivity contribution in [3.63, 3.8) is 0 Å². The molecule has 0 saturated carbocycles. The van der Waals surface area contributed by atoms with Crippen LogP contribution in [0.25, 0.3) is 0 Å². The van der Waals surface area contributed by atoms with Crippen molar-refractivity contribution >= 4 is 22.3 Å². The topological polar surface area (TPSA) is 64.6 Å². The molecule has 21 heteroatoms. The second-order valence-corrected chi connectivity index (χ2v) is 5.85. The Bertz CT molecular complexity index is 585. The summed E-state index contributed by atoms with van der Waals surface area (Å²) < 4.78 is 197. The van der Waals surface area contributed by atoms with E-state index in [2.05, 4.69) is 8.47 Å². The lowest BCUT2D eigenvalue weighted by Gasteiger charge is -2.27. The minimum absolute atomic E-state index is 0.0198. The second kappa shape index (κ2) is 7.55. The third kappa shape index (κ3) is 5.17. The van der Waals surface area contributed by atoms with Gasteiger partial charge in [-0.25, -0.2) is 12.6 Å². The van der Waals surface area contributed by atoms with Gasteiger partial charge in [-0.05, 0) is 0 Å². The first-order chi connectivity index (χ1) is 11.5. The molecule has 0 aliphatic rings. The quantitative estimate of drug-likeness (QED) is 0.427. The molecule has 27 heavy (non-hydrogen) atoms. The average Bonchev–Trinajstić information content (AvgIpc) is 2.41. The van der Waals surface area contributed by atoms with E-state index in [9.17, 15) is 69.9 Å². The summed E-state index contributed by atoms with van der Waals surface area (Å²) in [7, 11) is 0. The summed E-state index contributed by atoms with van der Waals surface area (Å²) in [6.45, 7) is 0. The zero-order valence-electron chi connectivity index (χ0n) is 11.2. The van der Waals surface area contributed by atoms with E-state index in [1.165, 1.54) is 0 Å². The summed E-state index contributed by atoms with van der Waals surface area (Å²) in [4.78, 5) is -0.0198. The molecule has 0 radical (unpaired) electrons. The van der Waals surface area contributed by atoms with E-state index in [4.69, 9.17) is 0 Å². The third-order valence-corrected chi connectivity index (χ3v) is 3.61. The van der Waals surface area contributed by atoms with Crippen molar-refractivity contribution in [1.82, 2.24) is 4.89 Å². The van der Waals surface area contributed by atoms with Crippen LogP contribution in [0.15, 0.2) is 0 Å². The molecule has 2 atom stereocenters. The number of hydrogen-bond donors (Lipinski definition) is 1. The number of halogens is 14. The molecule has 0 aliphatic carbocycles. The van der Waals surface area contributed by atoms with Gasteiger partial charge in [-0.2, -0.15) is 65.7 Å². The maximum atomic E-state index is 12.7. The largest absolute Gasteiger partial charge is 0.462 e. The van der Waals surface area contributed by atoms with Crippen LogP contribution >= 0.6 is 0 Å². The summed E-state index contributed by atoms with van der Waals surface area (Å²) >= 11 is -9.70. The summed E-state index contributed by atoms with van der Waals surface area (Å²) in [5, 5.41) is -6.65. The standard InChI is InChI=1S/C6HF14NO4S2/c7-1(8,3(11,12)13)5(17,18)24-27(23)21-25-26(22)6(19,20)2(9,10)4(14,15)16/h21H. The summed E-state index contributed by atoms with van der Waals surface area (Å²) in [5.74, 6) is -14.1. The molecule has 0 amide bonds. The Morgan fingerprint density at radius 3 is 1.33 bits per heavy atom. The van der Waals surface area contributed by atoms with Crippen LogP contribution in [-0.4, -0.2) is 44.0 Å². The van der Waals surface area contributed by atoms with Crippen LogP contribution in [-0.2, 0) is 30.8 Å². The van der Waals surface area contributed by atoms with E-state index in [0.717, 1.165) is 0 Å². The van der Waals surface area contributed by atoms with Crippen LogP contribution in [0.1, 0.15) is 0 Å². The van der Waals surface area contributed by atoms with Crippen LogP contribution in [0.3, 0.4) is 0 Å². The molecule has 0 aromatic carbocycles. The third-order valence-electron chi connectivity index (χ3n) is 2.01. The molecule has 1 N–H and O–H groups in total. The van der Waals surface area contributed by atoms with Crippen molar-refractivity contribution in [2.24, 2.45) is 0 Å². The highest BCUT2D eigenvalue weighted by molar-refractivity contribution is 7.82. The van der Waals surface area contributed by atoms with Crippen molar-refractivity contribution in [2.75, 3.05) is 0 Å². The summed E-state index contributed by atoms with van der Waals surface area (Å²) in [5.41, 5.74) is 0. The molecular formula is C6HF14NO4S2. The van der Waals surface area contributed by atoms with Gasteiger partial charge < -0.3 is 0 Å². The van der Waals surface area contributed by atoms with Gasteiger partial charge in [0.1, 0.15) is 0 Å². The molecular weight excluding hydrogens is 480 g/mol. The molecule has 0 aliphatic heterocycles. The number of rotatable bonds is 8. The van der Waals surface area contributed by atoms with E-state index < -0.39 is 57.9 Å². The van der Waals surface area contributed by atoms with Gasteiger partial charge in [0, 0.05) is 0 Å². The first-order valence-corrected chi connectivity index (χ1v) is 7.28. The highest BCUT2D eigenvalue weighted by Gasteiger charge is 2.77. The normalized spacial score (nSPS) is 17.7. The lowest BCUT2D eigenvalue weighted by Crippen LogP contribution is -2.55. The van der Waals surface area contributed by atoms with Gasteiger partial charge in [-0.15, -0.1) is 0 Å².